The average Bonchev–Trinajstić information content (AvgIpc) is 3.64. The molecule has 0 aliphatic heterocycles. The minimum absolute atomic E-state index is 0.0594. The van der Waals surface area contributed by atoms with Gasteiger partial charge in [0.2, 0.25) is 0 Å². The topological polar surface area (TPSA) is 0 Å². The molecule has 0 aliphatic rings. The number of rotatable bonds is 10. The monoisotopic (exact) mass is 670 g/mol. The predicted octanol–water partition coefficient (Wildman–Crippen LogP) is 13.0. The fourth-order valence-corrected chi connectivity index (χ4v) is 8.87. The number of fused-ring (bicyclic) bond motifs is 6. The summed E-state index contributed by atoms with van der Waals surface area (Å²) in [6, 6.07) is 0. The van der Waals surface area contributed by atoms with E-state index in [-0.39, 0.29) is 20.2 Å². The van der Waals surface area contributed by atoms with Crippen LogP contribution in [0.1, 0.15) is 114 Å². The van der Waals surface area contributed by atoms with E-state index in [9.17, 15) is 0 Å². The molecule has 0 atom stereocenters. The second kappa shape index (κ2) is 14.7. The van der Waals surface area contributed by atoms with Crippen molar-refractivity contribution in [2.45, 2.75) is 105 Å². The van der Waals surface area contributed by atoms with Crippen molar-refractivity contribution in [1.82, 2.24) is 0 Å². The lowest BCUT2D eigenvalue weighted by Crippen LogP contribution is -1.99. The summed E-state index contributed by atoms with van der Waals surface area (Å²) in [6.45, 7) is 7.60. The van der Waals surface area contributed by atoms with Crippen molar-refractivity contribution in [3.8, 4) is 23.7 Å². The number of hydrogen-bond donors (Lipinski definition) is 0. The number of aryl methyl sites for hydroxylation is 2. The summed E-state index contributed by atoms with van der Waals surface area (Å²) in [5.41, 5.74) is -0.0705. The van der Waals surface area contributed by atoms with Crippen LogP contribution in [0.2, 0.25) is 0 Å². The lowest BCUT2D eigenvalue weighted by Gasteiger charge is -2.13. The molecule has 0 saturated heterocycles. The molecule has 3 aromatic carbocycles. The molecule has 0 radical (unpaired) electrons. The van der Waals surface area contributed by atoms with Gasteiger partial charge < -0.3 is 0 Å². The van der Waals surface area contributed by atoms with Crippen LogP contribution in [0.5, 0.6) is 0 Å². The van der Waals surface area contributed by atoms with Gasteiger partial charge in [-0.1, -0.05) is 89.9 Å². The van der Waals surface area contributed by atoms with Crippen LogP contribution in [0.15, 0.2) is 0 Å². The Bertz CT molecular complexity index is 1930. The SMILES string of the molecule is CCC#Cc1c(F)c(F)c2c(sc3c(CCCCCC)c4c(sc5c(F)c(C#CCC)c(F)c(F)c54)c(CCCCCC)c32)c1F. The molecule has 0 nitrogen and oxygen atoms in total. The first-order valence-electron chi connectivity index (χ1n) is 16.2. The average molecular weight is 671 g/mol. The van der Waals surface area contributed by atoms with Gasteiger partial charge in [-0.05, 0) is 36.8 Å². The van der Waals surface area contributed by atoms with Gasteiger partial charge in [-0.3, -0.25) is 0 Å². The van der Waals surface area contributed by atoms with Crippen molar-refractivity contribution in [2.24, 2.45) is 0 Å². The van der Waals surface area contributed by atoms with E-state index in [4.69, 9.17) is 0 Å². The van der Waals surface area contributed by atoms with E-state index in [0.717, 1.165) is 61.2 Å². The quantitative estimate of drug-likeness (QED) is 0.0600. The van der Waals surface area contributed by atoms with Crippen molar-refractivity contribution in [2.75, 3.05) is 0 Å². The lowest BCUT2D eigenvalue weighted by atomic mass is 9.91. The first-order valence-corrected chi connectivity index (χ1v) is 17.8. The van der Waals surface area contributed by atoms with Crippen LogP contribution in [0.3, 0.4) is 0 Å². The molecule has 0 fully saturated rings. The van der Waals surface area contributed by atoms with E-state index < -0.39 is 46.0 Å². The number of hydrogen-bond acceptors (Lipinski definition) is 2. The predicted molar refractivity (Wildman–Crippen MR) is 182 cm³/mol. The summed E-state index contributed by atoms with van der Waals surface area (Å²) >= 11 is 1.97. The molecule has 0 spiro atoms. The second-order valence-corrected chi connectivity index (χ2v) is 13.6. The van der Waals surface area contributed by atoms with Crippen LogP contribution in [0, 0.1) is 58.6 Å². The van der Waals surface area contributed by atoms with Gasteiger partial charge in [-0.2, -0.15) is 0 Å². The maximum atomic E-state index is 16.1. The Morgan fingerprint density at radius 3 is 1.17 bits per heavy atom. The maximum absolute atomic E-state index is 16.1. The molecule has 242 valence electrons. The summed E-state index contributed by atoms with van der Waals surface area (Å²) in [4.78, 5) is 0. The molecule has 0 saturated carbocycles. The van der Waals surface area contributed by atoms with Crippen molar-refractivity contribution >= 4 is 63.0 Å². The highest BCUT2D eigenvalue weighted by Gasteiger charge is 2.31. The van der Waals surface area contributed by atoms with Gasteiger partial charge in [-0.25, -0.2) is 26.3 Å². The molecule has 5 aromatic rings. The minimum Gasteiger partial charge on any atom is -0.204 e. The summed E-state index contributed by atoms with van der Waals surface area (Å²) < 4.78 is 96.1. The fourth-order valence-electron chi connectivity index (χ4n) is 6.18. The molecule has 0 aliphatic carbocycles. The van der Waals surface area contributed by atoms with Crippen LogP contribution >= 0.6 is 22.7 Å². The third kappa shape index (κ3) is 5.88. The Morgan fingerprint density at radius 2 is 0.826 bits per heavy atom. The molecule has 5 rings (SSSR count). The van der Waals surface area contributed by atoms with E-state index >= 15 is 26.3 Å². The van der Waals surface area contributed by atoms with Gasteiger partial charge in [0.25, 0.3) is 0 Å². The van der Waals surface area contributed by atoms with E-state index in [2.05, 4.69) is 37.5 Å². The Labute approximate surface area is 274 Å². The second-order valence-electron chi connectivity index (χ2n) is 11.5. The van der Waals surface area contributed by atoms with Gasteiger partial charge in [0.1, 0.15) is 11.1 Å². The van der Waals surface area contributed by atoms with Crippen LogP contribution < -0.4 is 0 Å². The lowest BCUT2D eigenvalue weighted by molar-refractivity contribution is 0.503. The smallest absolute Gasteiger partial charge is 0.178 e. The molecule has 0 N–H and O–H groups in total. The van der Waals surface area contributed by atoms with Gasteiger partial charge in [0.05, 0.1) is 9.40 Å². The molecule has 8 heteroatoms. The summed E-state index contributed by atoms with van der Waals surface area (Å²) in [5.74, 6) is 3.26. The van der Waals surface area contributed by atoms with Gasteiger partial charge in [0.15, 0.2) is 34.9 Å². The molecular weight excluding hydrogens is 635 g/mol. The van der Waals surface area contributed by atoms with Crippen LogP contribution in [0.4, 0.5) is 26.3 Å². The summed E-state index contributed by atoms with van der Waals surface area (Å²) in [5, 5.41) is 0.411. The molecule has 0 amide bonds. The fraction of sp³-hybridized carbons (Fsp3) is 0.421. The normalized spacial score (nSPS) is 11.5. The van der Waals surface area contributed by atoms with E-state index in [1.54, 1.807) is 13.8 Å². The Kier molecular flexibility index (Phi) is 10.9. The molecule has 0 unspecified atom stereocenters. The molecule has 0 bridgehead atoms. The zero-order valence-corrected chi connectivity index (χ0v) is 28.2. The third-order valence-electron chi connectivity index (χ3n) is 8.41. The van der Waals surface area contributed by atoms with Crippen molar-refractivity contribution < 1.29 is 26.3 Å². The van der Waals surface area contributed by atoms with Crippen molar-refractivity contribution in [3.05, 3.63) is 57.2 Å². The summed E-state index contributed by atoms with van der Waals surface area (Å²) in [6.07, 6.45) is 8.36. The Balaban J connectivity index is 2.00. The van der Waals surface area contributed by atoms with Gasteiger partial charge in [0, 0.05) is 43.8 Å². The zero-order valence-electron chi connectivity index (χ0n) is 26.6. The minimum atomic E-state index is -1.35. The maximum Gasteiger partial charge on any atom is 0.178 e. The van der Waals surface area contributed by atoms with Gasteiger partial charge in [-0.15, -0.1) is 22.7 Å². The number of unbranched alkanes of at least 4 members (excludes halogenated alkanes) is 6. The standard InChI is InChI=1S/C38H36F6S2/c1-5-9-13-15-19-21-25-27-33(43)29(39)23(17-11-7-3)31(41)37(27)46-36(25)22(20-16-14-10-6-2)26-28-34(44)30(40)24(18-12-8-4)32(42)38(28)45-35(21)26/h5-10,13-16,19-20H2,1-4H3. The van der Waals surface area contributed by atoms with Crippen LogP contribution in [-0.4, -0.2) is 0 Å². The number of halogens is 6. The van der Waals surface area contributed by atoms with Crippen molar-refractivity contribution in [3.63, 3.8) is 0 Å². The van der Waals surface area contributed by atoms with E-state index in [1.165, 1.54) is 0 Å². The zero-order chi connectivity index (χ0) is 33.1. The highest BCUT2D eigenvalue weighted by atomic mass is 32.1. The van der Waals surface area contributed by atoms with E-state index in [1.807, 2.05) is 0 Å². The number of thiophene rings is 2. The largest absolute Gasteiger partial charge is 0.204 e. The molecule has 46 heavy (non-hydrogen) atoms. The van der Waals surface area contributed by atoms with Crippen LogP contribution in [0.25, 0.3) is 40.3 Å². The van der Waals surface area contributed by atoms with Gasteiger partial charge >= 0.3 is 0 Å². The highest BCUT2D eigenvalue weighted by Crippen LogP contribution is 2.51. The first kappa shape index (κ1) is 34.1. The highest BCUT2D eigenvalue weighted by molar-refractivity contribution is 7.28. The van der Waals surface area contributed by atoms with Crippen molar-refractivity contribution in [1.29, 1.82) is 0 Å². The Hall–Kier alpha value is -3.20. The Morgan fingerprint density at radius 1 is 0.435 bits per heavy atom. The molecule has 2 heterocycles. The first-order chi connectivity index (χ1) is 22.2. The molecular formula is C38H36F6S2. The van der Waals surface area contributed by atoms with Crippen LogP contribution in [-0.2, 0) is 12.8 Å². The summed E-state index contributed by atoms with van der Waals surface area (Å²) in [7, 11) is 0. The number of benzene rings is 3. The third-order valence-corrected chi connectivity index (χ3v) is 10.9. The molecule has 2 aromatic heterocycles. The van der Waals surface area contributed by atoms with E-state index in [0.29, 0.717) is 69.8 Å².